The van der Waals surface area contributed by atoms with E-state index in [-0.39, 0.29) is 30.6 Å². The van der Waals surface area contributed by atoms with Gasteiger partial charge in [-0.25, -0.2) is 14.6 Å². The van der Waals surface area contributed by atoms with Gasteiger partial charge in [0.15, 0.2) is 11.6 Å². The number of nitrogens with one attached hydrogen (secondary N) is 4. The molecule has 1 aliphatic rings. The second kappa shape index (κ2) is 16.1. The molecule has 14 heteroatoms. The van der Waals surface area contributed by atoms with Crippen molar-refractivity contribution in [3.63, 3.8) is 0 Å². The molecule has 0 spiro atoms. The van der Waals surface area contributed by atoms with Crippen LogP contribution in [0.3, 0.4) is 0 Å². The lowest BCUT2D eigenvalue weighted by atomic mass is 9.89. The van der Waals surface area contributed by atoms with E-state index in [0.29, 0.717) is 29.1 Å². The molecule has 0 saturated carbocycles. The molecule has 3 heterocycles. The Labute approximate surface area is 305 Å². The number of methoxy groups -OCH3 is 1. The molecule has 268 valence electrons. The number of aromatic nitrogens is 2. The van der Waals surface area contributed by atoms with Crippen LogP contribution in [0.4, 0.5) is 26.7 Å². The molecule has 4 N–H and O–H groups in total. The Hall–Kier alpha value is -5.37. The molecule has 1 unspecified atom stereocenters. The zero-order chi connectivity index (χ0) is 36.7. The third-order valence-corrected chi connectivity index (χ3v) is 8.55. The fourth-order valence-corrected chi connectivity index (χ4v) is 6.14. The molecule has 4 aromatic rings. The van der Waals surface area contributed by atoms with E-state index in [9.17, 15) is 14.4 Å². The average molecular weight is 761 g/mol. The molecule has 0 aliphatic carbocycles. The number of halogens is 1. The van der Waals surface area contributed by atoms with Gasteiger partial charge in [0.1, 0.15) is 12.2 Å². The Kier molecular flexibility index (Phi) is 11.7. The third kappa shape index (κ3) is 9.87. The van der Waals surface area contributed by atoms with E-state index < -0.39 is 35.8 Å². The Morgan fingerprint density at radius 1 is 0.980 bits per heavy atom. The summed E-state index contributed by atoms with van der Waals surface area (Å²) in [5.41, 5.74) is 2.44. The molecule has 5 rings (SSSR count). The molecule has 13 nitrogen and oxygen atoms in total. The van der Waals surface area contributed by atoms with Crippen molar-refractivity contribution in [2.24, 2.45) is 5.92 Å². The molecular weight excluding hydrogens is 718 g/mol. The van der Waals surface area contributed by atoms with Crippen LogP contribution in [0, 0.1) is 5.92 Å². The molecular formula is C37H42BrN7O6. The van der Waals surface area contributed by atoms with Crippen LogP contribution in [0.25, 0.3) is 10.9 Å². The van der Waals surface area contributed by atoms with Crippen LogP contribution in [0.5, 0.6) is 0 Å². The van der Waals surface area contributed by atoms with Gasteiger partial charge in [0.05, 0.1) is 48.0 Å². The molecule has 0 bridgehead atoms. The lowest BCUT2D eigenvalue weighted by Crippen LogP contribution is -2.64. The summed E-state index contributed by atoms with van der Waals surface area (Å²) in [7, 11) is 1.29. The van der Waals surface area contributed by atoms with Crippen LogP contribution in [0.1, 0.15) is 43.7 Å². The number of alkyl carbamates (subject to hydrolysis) is 2. The Bertz CT molecular complexity index is 1900. The third-order valence-electron chi connectivity index (χ3n) is 8.06. The number of carbonyl (C=O) groups is 3. The highest BCUT2D eigenvalue weighted by Gasteiger charge is 2.38. The van der Waals surface area contributed by atoms with Crippen LogP contribution in [-0.4, -0.2) is 65.9 Å². The lowest BCUT2D eigenvalue weighted by Gasteiger charge is -2.44. The Balaban J connectivity index is 1.41. The van der Waals surface area contributed by atoms with Crippen molar-refractivity contribution in [2.75, 3.05) is 35.7 Å². The van der Waals surface area contributed by atoms with E-state index in [1.54, 1.807) is 39.2 Å². The van der Waals surface area contributed by atoms with Crippen molar-refractivity contribution in [2.45, 2.75) is 52.0 Å². The number of rotatable bonds is 10. The maximum atomic E-state index is 14.1. The average Bonchev–Trinajstić information content (AvgIpc) is 3.08. The lowest BCUT2D eigenvalue weighted by molar-refractivity contribution is 0.0476. The van der Waals surface area contributed by atoms with Crippen LogP contribution in [0.15, 0.2) is 90.0 Å². The first-order valence-electron chi connectivity index (χ1n) is 16.4. The zero-order valence-electron chi connectivity index (χ0n) is 29.2. The number of pyridine rings is 2. The number of nitrogens with zero attached hydrogens (tertiary/aromatic N) is 3. The summed E-state index contributed by atoms with van der Waals surface area (Å²) in [4.78, 5) is 50.3. The number of carbonyl (C=O) groups excluding carboxylic acids is 3. The molecule has 2 aromatic carbocycles. The number of ether oxygens (including phenoxy) is 3. The van der Waals surface area contributed by atoms with Gasteiger partial charge in [0.2, 0.25) is 0 Å². The van der Waals surface area contributed by atoms with Gasteiger partial charge in [-0.2, -0.15) is 0 Å². The maximum Gasteiger partial charge on any atom is 0.408 e. The fourth-order valence-electron chi connectivity index (χ4n) is 5.79. The summed E-state index contributed by atoms with van der Waals surface area (Å²) in [5, 5.41) is 12.7. The van der Waals surface area contributed by atoms with E-state index in [4.69, 9.17) is 19.2 Å². The van der Waals surface area contributed by atoms with Gasteiger partial charge in [0, 0.05) is 29.1 Å². The molecule has 3 amide bonds. The number of hydrogen-bond donors (Lipinski definition) is 4. The summed E-state index contributed by atoms with van der Waals surface area (Å²) in [6.45, 7) is 12.3. The highest BCUT2D eigenvalue weighted by molar-refractivity contribution is 9.10. The quantitative estimate of drug-likeness (QED) is 0.127. The van der Waals surface area contributed by atoms with E-state index in [1.165, 1.54) is 7.11 Å². The SMILES string of the molecule is C=C(Nc1cc2ccc(Br)cc2nc1C(=O)Nc1cnccc1N1CC(NC(=O)OC(C)(C)C)[C@@H](NC(=O)OC)[C@@H](C)C1)OCc1ccccc1. The number of hydrogen-bond acceptors (Lipinski definition) is 10. The van der Waals surface area contributed by atoms with Crippen LogP contribution < -0.4 is 26.2 Å². The molecule has 2 aromatic heterocycles. The summed E-state index contributed by atoms with van der Waals surface area (Å²) in [5.74, 6) is -0.412. The van der Waals surface area contributed by atoms with Gasteiger partial charge >= 0.3 is 12.2 Å². The van der Waals surface area contributed by atoms with E-state index in [1.807, 2.05) is 66.4 Å². The standard InChI is InChI=1S/C37H42BrN7O6/c1-22-19-45(20-30(32(22)44-35(47)49-6)43-36(48)51-37(3,4)5)31-14-15-39-18-29(31)42-34(46)33-28(16-25-12-13-26(38)17-27(25)41-33)40-23(2)50-21-24-10-8-7-9-11-24/h7-18,22,30,32,40H,2,19-21H2,1,3-6H3,(H,42,46)(H,43,48)(H,44,47)/t22-,30?,32-/m0/s1. The molecule has 1 saturated heterocycles. The molecule has 51 heavy (non-hydrogen) atoms. The smallest absolute Gasteiger partial charge is 0.408 e. The number of piperidine rings is 1. The van der Waals surface area contributed by atoms with Crippen molar-refractivity contribution in [1.29, 1.82) is 0 Å². The monoisotopic (exact) mass is 759 g/mol. The van der Waals surface area contributed by atoms with Gasteiger partial charge < -0.3 is 40.4 Å². The van der Waals surface area contributed by atoms with Gasteiger partial charge in [-0.3, -0.25) is 9.78 Å². The number of fused-ring (bicyclic) bond motifs is 1. The predicted molar refractivity (Wildman–Crippen MR) is 199 cm³/mol. The summed E-state index contributed by atoms with van der Waals surface area (Å²) < 4.78 is 17.1. The second-order valence-electron chi connectivity index (χ2n) is 13.2. The van der Waals surface area contributed by atoms with Crippen LogP contribution in [0.2, 0.25) is 0 Å². The van der Waals surface area contributed by atoms with Crippen molar-refractivity contribution < 1.29 is 28.6 Å². The van der Waals surface area contributed by atoms with Crippen molar-refractivity contribution in [1.82, 2.24) is 20.6 Å². The molecule has 1 fully saturated rings. The minimum atomic E-state index is -0.723. The van der Waals surface area contributed by atoms with Crippen molar-refractivity contribution >= 4 is 62.0 Å². The number of amides is 3. The molecule has 3 atom stereocenters. The second-order valence-corrected chi connectivity index (χ2v) is 14.1. The predicted octanol–water partition coefficient (Wildman–Crippen LogP) is 6.82. The molecule has 1 aliphatic heterocycles. The van der Waals surface area contributed by atoms with Gasteiger partial charge in [-0.15, -0.1) is 0 Å². The van der Waals surface area contributed by atoms with Gasteiger partial charge in [0.25, 0.3) is 5.91 Å². The minimum Gasteiger partial charge on any atom is -0.475 e. The van der Waals surface area contributed by atoms with E-state index >= 15 is 0 Å². The largest absolute Gasteiger partial charge is 0.475 e. The first-order valence-corrected chi connectivity index (χ1v) is 17.2. The van der Waals surface area contributed by atoms with Crippen LogP contribution in [-0.2, 0) is 20.8 Å². The first-order chi connectivity index (χ1) is 24.3. The fraction of sp³-hybridized carbons (Fsp3) is 0.324. The Morgan fingerprint density at radius 3 is 2.47 bits per heavy atom. The maximum absolute atomic E-state index is 14.1. The highest BCUT2D eigenvalue weighted by Crippen LogP contribution is 2.32. The van der Waals surface area contributed by atoms with Gasteiger partial charge in [-0.1, -0.05) is 59.3 Å². The first kappa shape index (κ1) is 36.9. The normalized spacial score (nSPS) is 17.2. The topological polar surface area (TPSA) is 156 Å². The van der Waals surface area contributed by atoms with Gasteiger partial charge in [-0.05, 0) is 63.1 Å². The minimum absolute atomic E-state index is 0.110. The number of benzene rings is 2. The summed E-state index contributed by atoms with van der Waals surface area (Å²) in [6, 6.07) is 17.9. The highest BCUT2D eigenvalue weighted by atomic mass is 79.9. The van der Waals surface area contributed by atoms with E-state index in [2.05, 4.69) is 48.8 Å². The summed E-state index contributed by atoms with van der Waals surface area (Å²) in [6.07, 6.45) is 1.95. The summed E-state index contributed by atoms with van der Waals surface area (Å²) >= 11 is 3.49. The van der Waals surface area contributed by atoms with E-state index in [0.717, 1.165) is 15.4 Å². The zero-order valence-corrected chi connectivity index (χ0v) is 30.7. The molecule has 0 radical (unpaired) electrons. The Morgan fingerprint density at radius 2 is 1.75 bits per heavy atom. The van der Waals surface area contributed by atoms with Crippen LogP contribution >= 0.6 is 15.9 Å². The van der Waals surface area contributed by atoms with Crippen molar-refractivity contribution in [3.05, 3.63) is 101 Å². The van der Waals surface area contributed by atoms with Crippen molar-refractivity contribution in [3.8, 4) is 0 Å². The number of anilines is 3.